The lowest BCUT2D eigenvalue weighted by Gasteiger charge is -2.24. The molecular weight excluding hydrogens is 368 g/mol. The number of hydrazine groups is 2. The number of aliphatic imine (C=N–C) groups is 1. The van der Waals surface area contributed by atoms with Crippen molar-refractivity contribution in [3.63, 3.8) is 0 Å². The van der Waals surface area contributed by atoms with E-state index in [0.29, 0.717) is 23.5 Å². The van der Waals surface area contributed by atoms with Crippen LogP contribution in [0, 0.1) is 0 Å². The van der Waals surface area contributed by atoms with E-state index in [9.17, 15) is 8.78 Å². The van der Waals surface area contributed by atoms with Crippen molar-refractivity contribution in [1.29, 1.82) is 0 Å². The SMILES string of the molecule is COc1nn(CC(F)F)cc1C1=C2N=CN(N)C=C2N(Cc2ccccc2)N1. The van der Waals surface area contributed by atoms with Gasteiger partial charge in [0.2, 0.25) is 5.88 Å². The van der Waals surface area contributed by atoms with Gasteiger partial charge >= 0.3 is 0 Å². The molecule has 3 heterocycles. The third kappa shape index (κ3) is 3.41. The number of aromatic nitrogens is 2. The van der Waals surface area contributed by atoms with Gasteiger partial charge in [-0.05, 0) is 5.56 Å². The van der Waals surface area contributed by atoms with Crippen LogP contribution in [0.1, 0.15) is 11.1 Å². The predicted molar refractivity (Wildman–Crippen MR) is 99.4 cm³/mol. The van der Waals surface area contributed by atoms with E-state index >= 15 is 0 Å². The Kier molecular flexibility index (Phi) is 4.70. The van der Waals surface area contributed by atoms with Gasteiger partial charge in [0, 0.05) is 12.4 Å². The monoisotopic (exact) mass is 387 g/mol. The smallest absolute Gasteiger partial charge is 0.257 e. The number of benzene rings is 1. The minimum Gasteiger partial charge on any atom is -0.479 e. The van der Waals surface area contributed by atoms with Crippen molar-refractivity contribution >= 4 is 12.0 Å². The Hall–Kier alpha value is -3.40. The fourth-order valence-corrected chi connectivity index (χ4v) is 3.10. The molecule has 1 aromatic heterocycles. The molecule has 1 aromatic carbocycles. The van der Waals surface area contributed by atoms with Crippen LogP contribution in [0.3, 0.4) is 0 Å². The second-order valence-electron chi connectivity index (χ2n) is 6.28. The molecule has 0 unspecified atom stereocenters. The molecule has 0 spiro atoms. The van der Waals surface area contributed by atoms with E-state index in [2.05, 4.69) is 15.5 Å². The summed E-state index contributed by atoms with van der Waals surface area (Å²) in [4.78, 5) is 4.41. The van der Waals surface area contributed by atoms with Crippen LogP contribution in [0.5, 0.6) is 5.88 Å². The minimum absolute atomic E-state index is 0.238. The molecule has 0 bridgehead atoms. The molecule has 4 rings (SSSR count). The quantitative estimate of drug-likeness (QED) is 0.737. The summed E-state index contributed by atoms with van der Waals surface area (Å²) in [5.41, 5.74) is 6.91. The lowest BCUT2D eigenvalue weighted by atomic mass is 10.2. The number of fused-ring (bicyclic) bond motifs is 1. The molecule has 0 saturated carbocycles. The number of alkyl halides is 2. The largest absolute Gasteiger partial charge is 0.479 e. The molecule has 0 atom stereocenters. The van der Waals surface area contributed by atoms with E-state index in [1.807, 2.05) is 35.3 Å². The molecule has 0 saturated heterocycles. The van der Waals surface area contributed by atoms with Crippen molar-refractivity contribution in [3.8, 4) is 5.88 Å². The van der Waals surface area contributed by atoms with Gasteiger partial charge in [0.05, 0.1) is 24.9 Å². The summed E-state index contributed by atoms with van der Waals surface area (Å²) in [7, 11) is 1.45. The fourth-order valence-electron chi connectivity index (χ4n) is 3.10. The predicted octanol–water partition coefficient (Wildman–Crippen LogP) is 1.90. The number of nitrogens with zero attached hydrogens (tertiary/aromatic N) is 5. The number of nitrogens with one attached hydrogen (secondary N) is 1. The Labute approximate surface area is 160 Å². The molecule has 10 heteroatoms. The first kappa shape index (κ1) is 18.0. The highest BCUT2D eigenvalue weighted by molar-refractivity contribution is 5.79. The third-order valence-corrected chi connectivity index (χ3v) is 4.31. The Morgan fingerprint density at radius 1 is 1.25 bits per heavy atom. The number of rotatable bonds is 6. The van der Waals surface area contributed by atoms with Crippen LogP contribution in [0.15, 0.2) is 59.1 Å². The van der Waals surface area contributed by atoms with Crippen LogP contribution < -0.4 is 16.0 Å². The average molecular weight is 387 g/mol. The van der Waals surface area contributed by atoms with Crippen LogP contribution in [-0.4, -0.2) is 39.7 Å². The number of methoxy groups -OCH3 is 1. The van der Waals surface area contributed by atoms with Gasteiger partial charge in [-0.1, -0.05) is 30.3 Å². The summed E-state index contributed by atoms with van der Waals surface area (Å²) in [6, 6.07) is 9.88. The van der Waals surface area contributed by atoms with E-state index < -0.39 is 13.0 Å². The lowest BCUT2D eigenvalue weighted by molar-refractivity contribution is 0.121. The first-order valence-corrected chi connectivity index (χ1v) is 8.57. The zero-order valence-electron chi connectivity index (χ0n) is 15.1. The van der Waals surface area contributed by atoms with Crippen molar-refractivity contribution in [2.45, 2.75) is 19.5 Å². The number of halogens is 2. The summed E-state index contributed by atoms with van der Waals surface area (Å²) in [6.45, 7) is 0.0335. The van der Waals surface area contributed by atoms with Crippen LogP contribution in [-0.2, 0) is 13.1 Å². The van der Waals surface area contributed by atoms with Gasteiger partial charge in [-0.15, -0.1) is 5.10 Å². The Balaban J connectivity index is 1.71. The van der Waals surface area contributed by atoms with Crippen molar-refractivity contribution in [2.75, 3.05) is 7.11 Å². The normalized spacial score (nSPS) is 15.8. The van der Waals surface area contributed by atoms with Gasteiger partial charge in [-0.25, -0.2) is 19.6 Å². The van der Waals surface area contributed by atoms with Crippen molar-refractivity contribution in [3.05, 3.63) is 65.2 Å². The molecule has 0 aliphatic carbocycles. The first-order chi connectivity index (χ1) is 13.5. The lowest BCUT2D eigenvalue weighted by Crippen LogP contribution is -2.33. The fraction of sp³-hybridized carbons (Fsp3) is 0.222. The summed E-state index contributed by atoms with van der Waals surface area (Å²) in [5, 5.41) is 7.34. The molecule has 28 heavy (non-hydrogen) atoms. The molecule has 8 nitrogen and oxygen atoms in total. The van der Waals surface area contributed by atoms with E-state index in [1.54, 1.807) is 6.20 Å². The molecular formula is C18H19F2N7O. The maximum atomic E-state index is 12.8. The minimum atomic E-state index is -2.52. The third-order valence-electron chi connectivity index (χ3n) is 4.31. The van der Waals surface area contributed by atoms with Gasteiger partial charge in [-0.2, -0.15) is 0 Å². The molecule has 0 fully saturated rings. The molecule has 146 valence electrons. The Morgan fingerprint density at radius 3 is 2.75 bits per heavy atom. The van der Waals surface area contributed by atoms with E-state index in [0.717, 1.165) is 11.3 Å². The summed E-state index contributed by atoms with van der Waals surface area (Å²) in [6.07, 6.45) is 2.22. The van der Waals surface area contributed by atoms with Crippen LogP contribution in [0.2, 0.25) is 0 Å². The van der Waals surface area contributed by atoms with E-state index in [-0.39, 0.29) is 5.88 Å². The van der Waals surface area contributed by atoms with Crippen LogP contribution in [0.4, 0.5) is 8.78 Å². The highest BCUT2D eigenvalue weighted by Crippen LogP contribution is 2.36. The molecule has 0 radical (unpaired) electrons. The first-order valence-electron chi connectivity index (χ1n) is 8.57. The van der Waals surface area contributed by atoms with Crippen molar-refractivity contribution in [1.82, 2.24) is 25.2 Å². The van der Waals surface area contributed by atoms with Gasteiger partial charge in [-0.3, -0.25) is 20.1 Å². The topological polar surface area (TPSA) is 83.9 Å². The molecule has 2 aliphatic rings. The van der Waals surface area contributed by atoms with Crippen molar-refractivity contribution in [2.24, 2.45) is 10.8 Å². The van der Waals surface area contributed by atoms with Crippen LogP contribution >= 0.6 is 0 Å². The second-order valence-corrected chi connectivity index (χ2v) is 6.28. The molecule has 3 N–H and O–H groups in total. The zero-order valence-corrected chi connectivity index (χ0v) is 15.1. The maximum Gasteiger partial charge on any atom is 0.257 e. The van der Waals surface area contributed by atoms with Gasteiger partial charge < -0.3 is 4.74 Å². The number of hydrogen-bond acceptors (Lipinski definition) is 7. The van der Waals surface area contributed by atoms with Gasteiger partial charge in [0.1, 0.15) is 24.3 Å². The van der Waals surface area contributed by atoms with Gasteiger partial charge in [0.15, 0.2) is 0 Å². The zero-order chi connectivity index (χ0) is 19.7. The molecule has 0 amide bonds. The van der Waals surface area contributed by atoms with Crippen LogP contribution in [0.25, 0.3) is 5.70 Å². The Bertz CT molecular complexity index is 952. The van der Waals surface area contributed by atoms with Gasteiger partial charge in [0.25, 0.3) is 6.43 Å². The summed E-state index contributed by atoms with van der Waals surface area (Å²) in [5.74, 6) is 6.09. The maximum absolute atomic E-state index is 12.8. The summed E-state index contributed by atoms with van der Waals surface area (Å²) >= 11 is 0. The number of hydrogen-bond donors (Lipinski definition) is 2. The second kappa shape index (κ2) is 7.31. The van der Waals surface area contributed by atoms with E-state index in [1.165, 1.54) is 29.3 Å². The molecule has 2 aromatic rings. The summed E-state index contributed by atoms with van der Waals surface area (Å²) < 4.78 is 32.0. The Morgan fingerprint density at radius 2 is 2.04 bits per heavy atom. The van der Waals surface area contributed by atoms with E-state index in [4.69, 9.17) is 10.6 Å². The molecule has 2 aliphatic heterocycles. The highest BCUT2D eigenvalue weighted by Gasteiger charge is 2.32. The standard InChI is InChI=1S/C18H19F2N7O/c1-28-18-13(8-26(24-18)10-15(19)20)16-17-14(9-25(21)11-22-17)27(23-16)7-12-5-3-2-4-6-12/h2-6,8-9,11,15,23H,7,10,21H2,1H3. The number of ether oxygens (including phenoxy) is 1. The number of nitrogens with two attached hydrogens (primary N) is 1. The highest BCUT2D eigenvalue weighted by atomic mass is 19.3. The van der Waals surface area contributed by atoms with Crippen molar-refractivity contribution < 1.29 is 13.5 Å². The average Bonchev–Trinajstić information content (AvgIpc) is 3.23.